The first kappa shape index (κ1) is 19.7. The fourth-order valence-corrected chi connectivity index (χ4v) is 2.25. The molecule has 1 aromatic carbocycles. The summed E-state index contributed by atoms with van der Waals surface area (Å²) in [6, 6.07) is 11.4. The van der Waals surface area contributed by atoms with Gasteiger partial charge in [0.05, 0.1) is 13.2 Å². The minimum atomic E-state index is -0.190. The van der Waals surface area contributed by atoms with Crippen molar-refractivity contribution >= 4 is 5.91 Å². The zero-order valence-corrected chi connectivity index (χ0v) is 15.4. The number of hydrogen-bond donors (Lipinski definition) is 1. The molecule has 0 saturated carbocycles. The third-order valence-corrected chi connectivity index (χ3v) is 3.69. The lowest BCUT2D eigenvalue weighted by Gasteiger charge is -2.10. The lowest BCUT2D eigenvalue weighted by Crippen LogP contribution is -2.25. The highest BCUT2D eigenvalue weighted by atomic mass is 16.5. The van der Waals surface area contributed by atoms with Gasteiger partial charge in [0, 0.05) is 19.9 Å². The first-order chi connectivity index (χ1) is 12.7. The van der Waals surface area contributed by atoms with Crippen LogP contribution < -0.4 is 14.8 Å². The maximum absolute atomic E-state index is 12.3. The molecule has 6 heteroatoms. The SMILES string of the molecule is COCCOc1ncccc1C(=O)NCCCCOc1ccc(C)cc1. The summed E-state index contributed by atoms with van der Waals surface area (Å²) in [6.45, 7) is 4.03. The van der Waals surface area contributed by atoms with E-state index in [0.29, 0.717) is 37.8 Å². The maximum Gasteiger partial charge on any atom is 0.256 e. The molecular weight excluding hydrogens is 332 g/mol. The number of amides is 1. The number of benzene rings is 1. The van der Waals surface area contributed by atoms with E-state index in [1.54, 1.807) is 25.4 Å². The lowest BCUT2D eigenvalue weighted by atomic mass is 10.2. The van der Waals surface area contributed by atoms with Crippen molar-refractivity contribution in [1.29, 1.82) is 0 Å². The average molecular weight is 358 g/mol. The Morgan fingerprint density at radius 3 is 2.62 bits per heavy atom. The maximum atomic E-state index is 12.3. The molecule has 26 heavy (non-hydrogen) atoms. The molecule has 1 heterocycles. The molecule has 1 amide bonds. The third-order valence-electron chi connectivity index (χ3n) is 3.69. The van der Waals surface area contributed by atoms with Crippen LogP contribution in [0.2, 0.25) is 0 Å². The molecule has 0 fully saturated rings. The molecule has 0 atom stereocenters. The van der Waals surface area contributed by atoms with E-state index in [1.165, 1.54) is 5.56 Å². The topological polar surface area (TPSA) is 69.7 Å². The van der Waals surface area contributed by atoms with Gasteiger partial charge in [-0.1, -0.05) is 17.7 Å². The highest BCUT2D eigenvalue weighted by molar-refractivity contribution is 5.96. The zero-order chi connectivity index (χ0) is 18.6. The molecule has 0 aliphatic heterocycles. The third kappa shape index (κ3) is 6.72. The number of unbranched alkanes of at least 4 members (excludes halogenated alkanes) is 1. The van der Waals surface area contributed by atoms with Crippen LogP contribution in [0.3, 0.4) is 0 Å². The van der Waals surface area contributed by atoms with Gasteiger partial charge in [0.1, 0.15) is 17.9 Å². The van der Waals surface area contributed by atoms with Gasteiger partial charge in [0.15, 0.2) is 0 Å². The molecule has 1 aromatic heterocycles. The van der Waals surface area contributed by atoms with E-state index in [1.807, 2.05) is 31.2 Å². The monoisotopic (exact) mass is 358 g/mol. The first-order valence-electron chi connectivity index (χ1n) is 8.75. The van der Waals surface area contributed by atoms with E-state index in [9.17, 15) is 4.79 Å². The second-order valence-electron chi connectivity index (χ2n) is 5.82. The number of hydrogen-bond acceptors (Lipinski definition) is 5. The summed E-state index contributed by atoms with van der Waals surface area (Å²) >= 11 is 0. The van der Waals surface area contributed by atoms with Crippen molar-refractivity contribution in [1.82, 2.24) is 10.3 Å². The van der Waals surface area contributed by atoms with E-state index in [2.05, 4.69) is 10.3 Å². The van der Waals surface area contributed by atoms with E-state index in [4.69, 9.17) is 14.2 Å². The van der Waals surface area contributed by atoms with Crippen molar-refractivity contribution in [3.8, 4) is 11.6 Å². The molecule has 6 nitrogen and oxygen atoms in total. The predicted molar refractivity (Wildman–Crippen MR) is 99.8 cm³/mol. The van der Waals surface area contributed by atoms with Gasteiger partial charge in [-0.3, -0.25) is 4.79 Å². The van der Waals surface area contributed by atoms with Crippen LogP contribution in [0, 0.1) is 6.92 Å². The molecule has 2 rings (SSSR count). The van der Waals surface area contributed by atoms with Crippen LogP contribution >= 0.6 is 0 Å². The normalized spacial score (nSPS) is 10.4. The highest BCUT2D eigenvalue weighted by Gasteiger charge is 2.12. The van der Waals surface area contributed by atoms with E-state index < -0.39 is 0 Å². The van der Waals surface area contributed by atoms with Crippen LogP contribution in [0.1, 0.15) is 28.8 Å². The van der Waals surface area contributed by atoms with Crippen LogP contribution in [0.25, 0.3) is 0 Å². The number of nitrogens with zero attached hydrogens (tertiary/aromatic N) is 1. The van der Waals surface area contributed by atoms with Gasteiger partial charge in [-0.15, -0.1) is 0 Å². The average Bonchev–Trinajstić information content (AvgIpc) is 2.66. The fourth-order valence-electron chi connectivity index (χ4n) is 2.25. The Morgan fingerprint density at radius 1 is 1.04 bits per heavy atom. The van der Waals surface area contributed by atoms with Crippen LogP contribution in [0.4, 0.5) is 0 Å². The molecule has 0 spiro atoms. The van der Waals surface area contributed by atoms with Crippen molar-refractivity contribution in [2.45, 2.75) is 19.8 Å². The fraction of sp³-hybridized carbons (Fsp3) is 0.400. The summed E-state index contributed by atoms with van der Waals surface area (Å²) in [5, 5.41) is 2.89. The van der Waals surface area contributed by atoms with Gasteiger partial charge < -0.3 is 19.5 Å². The van der Waals surface area contributed by atoms with Crippen molar-refractivity contribution in [3.63, 3.8) is 0 Å². The minimum absolute atomic E-state index is 0.190. The smallest absolute Gasteiger partial charge is 0.256 e. The lowest BCUT2D eigenvalue weighted by molar-refractivity contribution is 0.0943. The Balaban J connectivity index is 1.67. The van der Waals surface area contributed by atoms with Gasteiger partial charge in [-0.2, -0.15) is 0 Å². The van der Waals surface area contributed by atoms with Crippen molar-refractivity contribution < 1.29 is 19.0 Å². The summed E-state index contributed by atoms with van der Waals surface area (Å²) in [6.07, 6.45) is 3.29. The zero-order valence-electron chi connectivity index (χ0n) is 15.4. The molecule has 0 saturated heterocycles. The van der Waals surface area contributed by atoms with Crippen molar-refractivity contribution in [2.75, 3.05) is 33.5 Å². The molecule has 1 N–H and O–H groups in total. The summed E-state index contributed by atoms with van der Waals surface area (Å²) in [4.78, 5) is 16.4. The Bertz CT molecular complexity index is 674. The number of nitrogens with one attached hydrogen (secondary N) is 1. The van der Waals surface area contributed by atoms with Crippen molar-refractivity contribution in [2.24, 2.45) is 0 Å². The van der Waals surface area contributed by atoms with Gasteiger partial charge in [-0.25, -0.2) is 4.98 Å². The quantitative estimate of drug-likeness (QED) is 0.625. The number of carbonyl (C=O) groups excluding carboxylic acids is 1. The molecule has 0 unspecified atom stereocenters. The second kappa shape index (κ2) is 11.1. The molecule has 0 aliphatic rings. The van der Waals surface area contributed by atoms with E-state index >= 15 is 0 Å². The predicted octanol–water partition coefficient (Wildman–Crippen LogP) is 3.00. The molecule has 0 radical (unpaired) electrons. The highest BCUT2D eigenvalue weighted by Crippen LogP contribution is 2.14. The van der Waals surface area contributed by atoms with Crippen LogP contribution in [0.5, 0.6) is 11.6 Å². The van der Waals surface area contributed by atoms with Gasteiger partial charge >= 0.3 is 0 Å². The first-order valence-corrected chi connectivity index (χ1v) is 8.75. The number of aromatic nitrogens is 1. The van der Waals surface area contributed by atoms with E-state index in [0.717, 1.165) is 18.6 Å². The van der Waals surface area contributed by atoms with Gasteiger partial charge in [-0.05, 0) is 44.0 Å². The molecule has 0 bridgehead atoms. The number of carbonyl (C=O) groups is 1. The Morgan fingerprint density at radius 2 is 1.85 bits per heavy atom. The standard InChI is InChI=1S/C20H26N2O4/c1-16-7-9-17(10-8-16)25-13-4-3-11-21-19(23)18-6-5-12-22-20(18)26-15-14-24-2/h5-10,12H,3-4,11,13-15H2,1-2H3,(H,21,23). The number of ether oxygens (including phenoxy) is 3. The van der Waals surface area contributed by atoms with Crippen LogP contribution in [0.15, 0.2) is 42.6 Å². The number of pyridine rings is 1. The Labute approximate surface area is 154 Å². The summed E-state index contributed by atoms with van der Waals surface area (Å²) < 4.78 is 16.1. The summed E-state index contributed by atoms with van der Waals surface area (Å²) in [7, 11) is 1.60. The minimum Gasteiger partial charge on any atom is -0.494 e. The van der Waals surface area contributed by atoms with Crippen LogP contribution in [-0.4, -0.2) is 44.4 Å². The van der Waals surface area contributed by atoms with Crippen molar-refractivity contribution in [3.05, 3.63) is 53.7 Å². The van der Waals surface area contributed by atoms with E-state index in [-0.39, 0.29) is 5.91 Å². The Hall–Kier alpha value is -2.60. The van der Waals surface area contributed by atoms with Crippen LogP contribution in [-0.2, 0) is 4.74 Å². The van der Waals surface area contributed by atoms with Gasteiger partial charge in [0.25, 0.3) is 5.91 Å². The number of rotatable bonds is 11. The molecule has 140 valence electrons. The molecule has 2 aromatic rings. The second-order valence-corrected chi connectivity index (χ2v) is 5.82. The number of aryl methyl sites for hydroxylation is 1. The summed E-state index contributed by atoms with van der Waals surface area (Å²) in [5.74, 6) is 1.00. The summed E-state index contributed by atoms with van der Waals surface area (Å²) in [5.41, 5.74) is 1.64. The Kier molecular flexibility index (Phi) is 8.42. The van der Waals surface area contributed by atoms with Gasteiger partial charge in [0.2, 0.25) is 5.88 Å². The largest absolute Gasteiger partial charge is 0.494 e. The number of methoxy groups -OCH3 is 1. The molecular formula is C20H26N2O4. The molecule has 0 aliphatic carbocycles.